The molecule has 0 aromatic carbocycles. The van der Waals surface area contributed by atoms with Crippen molar-refractivity contribution >= 4 is 33.7 Å². The summed E-state index contributed by atoms with van der Waals surface area (Å²) < 4.78 is 0. The second kappa shape index (κ2) is 10.8. The van der Waals surface area contributed by atoms with Crippen LogP contribution in [0.2, 0.25) is 0 Å². The summed E-state index contributed by atoms with van der Waals surface area (Å²) in [7, 11) is 0. The summed E-state index contributed by atoms with van der Waals surface area (Å²) in [6.45, 7) is 2.59. The lowest BCUT2D eigenvalue weighted by molar-refractivity contribution is -0.110. The molecular weight excluding hydrogens is 163 g/mol. The van der Waals surface area contributed by atoms with E-state index in [0.717, 1.165) is 0 Å². The van der Waals surface area contributed by atoms with Gasteiger partial charge in [-0.05, 0) is 23.2 Å². The van der Waals surface area contributed by atoms with E-state index >= 15 is 0 Å². The van der Waals surface area contributed by atoms with Gasteiger partial charge < -0.3 is 0 Å². The zero-order valence-electron chi connectivity index (χ0n) is 4.57. The Labute approximate surface area is 65.1 Å². The molecule has 56 valence electrons. The molecule has 0 saturated heterocycles. The highest BCUT2D eigenvalue weighted by molar-refractivity contribution is 6.63. The number of carbonyl (C=O) groups is 2. The van der Waals surface area contributed by atoms with Crippen molar-refractivity contribution in [3.8, 4) is 0 Å². The van der Waals surface area contributed by atoms with Gasteiger partial charge in [-0.1, -0.05) is 7.43 Å². The Morgan fingerprint density at radius 1 is 1.00 bits per heavy atom. The summed E-state index contributed by atoms with van der Waals surface area (Å²) in [5.74, 6) is 0. The lowest BCUT2D eigenvalue weighted by Crippen LogP contribution is -1.62. The first-order chi connectivity index (χ1) is 3.46. The Hall–Kier alpha value is -0.0800. The van der Waals surface area contributed by atoms with E-state index in [1.54, 1.807) is 0 Å². The average molecular weight is 173 g/mol. The minimum absolute atomic E-state index is 0. The van der Waals surface area contributed by atoms with Crippen LogP contribution in [0.5, 0.6) is 0 Å². The molecule has 4 heteroatoms. The van der Waals surface area contributed by atoms with Gasteiger partial charge in [-0.2, -0.15) is 0 Å². The van der Waals surface area contributed by atoms with E-state index in [1.807, 2.05) is 0 Å². The molecule has 0 N–H and O–H groups in total. The van der Waals surface area contributed by atoms with Gasteiger partial charge in [-0.15, -0.1) is 0 Å². The van der Waals surface area contributed by atoms with Crippen molar-refractivity contribution in [2.75, 3.05) is 0 Å². The van der Waals surface area contributed by atoms with Crippen molar-refractivity contribution in [2.45, 2.75) is 21.3 Å². The summed E-state index contributed by atoms with van der Waals surface area (Å²) in [5, 5.41) is -0.722. The van der Waals surface area contributed by atoms with Gasteiger partial charge in [0.2, 0.25) is 10.5 Å². The molecule has 0 amide bonds. The van der Waals surface area contributed by atoms with Crippen LogP contribution >= 0.6 is 23.2 Å². The molecule has 9 heavy (non-hydrogen) atoms. The topological polar surface area (TPSA) is 34.1 Å². The average Bonchev–Trinajstić information content (AvgIpc) is 1.25. The molecular formula is C5H10Cl2O2. The Morgan fingerprint density at radius 2 is 1.00 bits per heavy atom. The molecule has 0 aromatic heterocycles. The van der Waals surface area contributed by atoms with Crippen LogP contribution in [0.25, 0.3) is 0 Å². The van der Waals surface area contributed by atoms with Crippen molar-refractivity contribution in [1.82, 2.24) is 0 Å². The highest BCUT2D eigenvalue weighted by atomic mass is 35.5. The van der Waals surface area contributed by atoms with Crippen LogP contribution in [0.3, 0.4) is 0 Å². The molecule has 0 heterocycles. The van der Waals surface area contributed by atoms with Crippen LogP contribution in [0.15, 0.2) is 0 Å². The Balaban J connectivity index is -0.0000000720. The van der Waals surface area contributed by atoms with E-state index in [-0.39, 0.29) is 17.9 Å². The van der Waals surface area contributed by atoms with Crippen LogP contribution in [0, 0.1) is 0 Å². The maximum Gasteiger partial charge on any atom is 0.218 e. The fourth-order valence-corrected chi connectivity index (χ4v) is 0. The van der Waals surface area contributed by atoms with E-state index in [9.17, 15) is 9.59 Å². The van der Waals surface area contributed by atoms with Gasteiger partial charge in [0, 0.05) is 13.8 Å². The van der Waals surface area contributed by atoms with E-state index < -0.39 is 0 Å². The van der Waals surface area contributed by atoms with E-state index in [0.29, 0.717) is 0 Å². The van der Waals surface area contributed by atoms with Crippen molar-refractivity contribution in [3.63, 3.8) is 0 Å². The second-order valence-corrected chi connectivity index (χ2v) is 2.01. The SMILES string of the molecule is C.CC(=O)Cl.CC(=O)Cl. The Kier molecular flexibility index (Phi) is 19.2. The van der Waals surface area contributed by atoms with Crippen LogP contribution in [0.1, 0.15) is 21.3 Å². The maximum absolute atomic E-state index is 9.21. The van der Waals surface area contributed by atoms with Crippen LogP contribution < -0.4 is 0 Å². The fourth-order valence-electron chi connectivity index (χ4n) is 0. The number of halogens is 2. The molecule has 2 nitrogen and oxygen atoms in total. The molecule has 0 atom stereocenters. The summed E-state index contributed by atoms with van der Waals surface area (Å²) >= 11 is 9.27. The van der Waals surface area contributed by atoms with E-state index in [4.69, 9.17) is 0 Å². The van der Waals surface area contributed by atoms with Crippen LogP contribution in [0.4, 0.5) is 0 Å². The number of carbonyl (C=O) groups excluding carboxylic acids is 2. The van der Waals surface area contributed by atoms with Crippen molar-refractivity contribution < 1.29 is 9.59 Å². The Bertz CT molecular complexity index is 71.0. The summed E-state index contributed by atoms with van der Waals surface area (Å²) in [6.07, 6.45) is 0. The molecule has 0 unspecified atom stereocenters. The molecule has 0 aliphatic carbocycles. The minimum atomic E-state index is -0.361. The molecule has 0 fully saturated rings. The van der Waals surface area contributed by atoms with Gasteiger partial charge in [0.15, 0.2) is 0 Å². The van der Waals surface area contributed by atoms with Gasteiger partial charge >= 0.3 is 0 Å². The highest BCUT2D eigenvalue weighted by Gasteiger charge is 1.67. The predicted molar refractivity (Wildman–Crippen MR) is 39.8 cm³/mol. The van der Waals surface area contributed by atoms with Crippen molar-refractivity contribution in [2.24, 2.45) is 0 Å². The van der Waals surface area contributed by atoms with Crippen molar-refractivity contribution in [3.05, 3.63) is 0 Å². The normalized spacial score (nSPS) is 5.78. The van der Waals surface area contributed by atoms with Crippen LogP contribution in [-0.2, 0) is 9.59 Å². The highest BCUT2D eigenvalue weighted by Crippen LogP contribution is 1.68. The van der Waals surface area contributed by atoms with Gasteiger partial charge in [-0.25, -0.2) is 0 Å². The van der Waals surface area contributed by atoms with Crippen molar-refractivity contribution in [1.29, 1.82) is 0 Å². The van der Waals surface area contributed by atoms with Gasteiger partial charge in [0.05, 0.1) is 0 Å². The number of hydrogen-bond acceptors (Lipinski definition) is 2. The number of rotatable bonds is 0. The molecule has 0 saturated carbocycles. The van der Waals surface area contributed by atoms with E-state index in [2.05, 4.69) is 23.2 Å². The summed E-state index contributed by atoms with van der Waals surface area (Å²) in [4.78, 5) is 18.4. The van der Waals surface area contributed by atoms with Gasteiger partial charge in [0.1, 0.15) is 0 Å². The molecule has 0 aliphatic heterocycles. The lowest BCUT2D eigenvalue weighted by Gasteiger charge is -1.52. The first-order valence-corrected chi connectivity index (χ1v) is 2.54. The quantitative estimate of drug-likeness (QED) is 0.526. The van der Waals surface area contributed by atoms with E-state index in [1.165, 1.54) is 13.8 Å². The molecule has 0 spiro atoms. The first kappa shape index (κ1) is 16.0. The van der Waals surface area contributed by atoms with Crippen LogP contribution in [-0.4, -0.2) is 10.5 Å². The maximum atomic E-state index is 9.21. The molecule has 0 aliphatic rings. The zero-order chi connectivity index (χ0) is 7.15. The third-order valence-electron chi connectivity index (χ3n) is 0. The van der Waals surface area contributed by atoms with Gasteiger partial charge in [-0.3, -0.25) is 9.59 Å². The Morgan fingerprint density at radius 3 is 1.00 bits per heavy atom. The smallest absolute Gasteiger partial charge is 0.218 e. The monoisotopic (exact) mass is 172 g/mol. The lowest BCUT2D eigenvalue weighted by atomic mass is 10.9. The fraction of sp³-hybridized carbons (Fsp3) is 0.600. The third kappa shape index (κ3) is 43400. The standard InChI is InChI=1S/2C2H3ClO.CH4/c2*1-2(3)4;/h2*1H3;1H4. The molecule has 0 aromatic rings. The molecule has 0 radical (unpaired) electrons. The molecule has 0 rings (SSSR count). The molecule has 0 bridgehead atoms. The summed E-state index contributed by atoms with van der Waals surface area (Å²) in [5.41, 5.74) is 0. The third-order valence-corrected chi connectivity index (χ3v) is 0. The second-order valence-electron chi connectivity index (χ2n) is 0.941. The summed E-state index contributed by atoms with van der Waals surface area (Å²) in [6, 6.07) is 0. The number of hydrogen-bond donors (Lipinski definition) is 0. The first-order valence-electron chi connectivity index (χ1n) is 1.79. The minimum Gasteiger partial charge on any atom is -0.282 e. The largest absolute Gasteiger partial charge is 0.282 e. The zero-order valence-corrected chi connectivity index (χ0v) is 6.08. The van der Waals surface area contributed by atoms with Gasteiger partial charge in [0.25, 0.3) is 0 Å². The predicted octanol–water partition coefficient (Wildman–Crippen LogP) is 2.18.